The highest BCUT2D eigenvalue weighted by atomic mass is 19.1. The highest BCUT2D eigenvalue weighted by Gasteiger charge is 2.51. The van der Waals surface area contributed by atoms with Gasteiger partial charge in [0.05, 0.1) is 59.1 Å². The SMILES string of the molecule is CC[C@H]1OC(=O)[C@H](C)C(=O)[C@H](C)[C@@H](O[C@@H]2O[C@H](C)C[C@H](N(C)C)[C@H]2O)[C@](C)(OC[C@@H](O)CN2CCN(c3ccc4c(c3F)c(=O)c(C(=O)O)cn4C3CC3)CC2)C[C@@H](C)NC(=O)[C@H](C)[C@H](O)[C@@]1(C)O. The zero-order chi connectivity index (χ0) is 51.0. The molecule has 1 saturated carbocycles. The molecule has 0 bridgehead atoms. The predicted octanol–water partition coefficient (Wildman–Crippen LogP) is 2.06. The van der Waals surface area contributed by atoms with Gasteiger partial charge in [-0.25, -0.2) is 9.18 Å². The summed E-state index contributed by atoms with van der Waals surface area (Å²) in [4.78, 5) is 72.9. The molecule has 1 aliphatic carbocycles. The third-order valence-electron chi connectivity index (χ3n) is 14.8. The van der Waals surface area contributed by atoms with Gasteiger partial charge in [-0.05, 0) is 93.0 Å². The zero-order valence-electron chi connectivity index (χ0n) is 41.6. The number of pyridine rings is 1. The fourth-order valence-electron chi connectivity index (χ4n) is 10.5. The minimum absolute atomic E-state index is 0.00383. The van der Waals surface area contributed by atoms with Crippen LogP contribution in [0, 0.1) is 23.6 Å². The molecule has 4 heterocycles. The van der Waals surface area contributed by atoms with E-state index >= 15 is 4.39 Å². The van der Waals surface area contributed by atoms with Crippen molar-refractivity contribution in [3.8, 4) is 0 Å². The number of Topliss-reactive ketones (excluding diaryl/α,β-unsaturated/α-hetero) is 1. The Morgan fingerprint density at radius 3 is 2.26 bits per heavy atom. The Morgan fingerprint density at radius 1 is 1.01 bits per heavy atom. The summed E-state index contributed by atoms with van der Waals surface area (Å²) in [6.07, 6.45) is -4.86. The molecular weight excluding hydrogens is 902 g/mol. The fraction of sp³-hybridized carbons (Fsp3) is 0.735. The number of nitrogens with one attached hydrogen (secondary N) is 1. The number of fused-ring (bicyclic) bond motifs is 1. The average molecular weight is 976 g/mol. The summed E-state index contributed by atoms with van der Waals surface area (Å²) in [5, 5.41) is 58.5. The van der Waals surface area contributed by atoms with Crippen molar-refractivity contribution < 1.29 is 68.0 Å². The number of aromatic carboxylic acids is 1. The lowest BCUT2D eigenvalue weighted by atomic mass is 9.79. The van der Waals surface area contributed by atoms with Gasteiger partial charge in [-0.15, -0.1) is 0 Å². The zero-order valence-corrected chi connectivity index (χ0v) is 41.6. The van der Waals surface area contributed by atoms with Crippen molar-refractivity contribution in [1.82, 2.24) is 19.7 Å². The molecule has 0 spiro atoms. The van der Waals surface area contributed by atoms with Gasteiger partial charge in [-0.3, -0.25) is 24.1 Å². The standard InChI is InChI=1S/C49H74FN5O14/c1-11-36-49(8,65)42(60)29(6)44(61)51-25(2)21-48(7,43(27(4)39(57)28(5)46(64)68-36)69-47-41(59)35(52(9)10)20-26(3)67-47)66-24-31(56)22-53-16-18-54(19-17-53)34-15-14-33-37(38(34)50)40(58)32(45(62)63)23-55(33)30-12-13-30/h14-15,23,25-31,35-36,41-43,47,56,59-60,65H,11-13,16-22,24H2,1-10H3,(H,51,61)(H,62,63)/t25-,26-,27+,28-,29-,31+,35+,36-,41-,42+,43-,47+,48-,49+/m1/s1. The molecule has 1 aromatic carbocycles. The number of aliphatic hydroxyl groups is 4. The largest absolute Gasteiger partial charge is 0.477 e. The minimum atomic E-state index is -2.08. The van der Waals surface area contributed by atoms with Crippen molar-refractivity contribution in [2.24, 2.45) is 17.8 Å². The number of amides is 1. The number of aliphatic hydroxyl groups excluding tert-OH is 3. The Kier molecular flexibility index (Phi) is 17.1. The lowest BCUT2D eigenvalue weighted by Gasteiger charge is -2.47. The van der Waals surface area contributed by atoms with Gasteiger partial charge in [-0.2, -0.15) is 0 Å². The van der Waals surface area contributed by atoms with E-state index in [1.165, 1.54) is 27.0 Å². The van der Waals surface area contributed by atoms with Crippen LogP contribution in [-0.2, 0) is 33.3 Å². The second-order valence-electron chi connectivity index (χ2n) is 20.6. The van der Waals surface area contributed by atoms with E-state index in [-0.39, 0.29) is 49.2 Å². The molecule has 20 heteroatoms. The monoisotopic (exact) mass is 976 g/mol. The summed E-state index contributed by atoms with van der Waals surface area (Å²) in [5.74, 6) is -8.17. The number of rotatable bonds is 12. The number of carbonyl (C=O) groups is 4. The fourth-order valence-corrected chi connectivity index (χ4v) is 10.5. The van der Waals surface area contributed by atoms with Gasteiger partial charge < -0.3 is 64.2 Å². The lowest BCUT2D eigenvalue weighted by molar-refractivity contribution is -0.298. The number of piperazine rings is 1. The van der Waals surface area contributed by atoms with Crippen LogP contribution in [-0.4, -0.2) is 183 Å². The van der Waals surface area contributed by atoms with Crippen LogP contribution in [0.15, 0.2) is 23.1 Å². The third-order valence-corrected chi connectivity index (χ3v) is 14.8. The van der Waals surface area contributed by atoms with Gasteiger partial charge in [0.15, 0.2) is 17.9 Å². The number of esters is 1. The molecule has 6 rings (SSSR count). The number of cyclic esters (lactones) is 1. The maximum atomic E-state index is 16.3. The molecule has 19 nitrogen and oxygen atoms in total. The highest BCUT2D eigenvalue weighted by molar-refractivity contribution is 6.00. The smallest absolute Gasteiger partial charge is 0.341 e. The van der Waals surface area contributed by atoms with E-state index in [9.17, 15) is 49.5 Å². The Hall–Kier alpha value is -4.12. The summed E-state index contributed by atoms with van der Waals surface area (Å²) < 4.78 is 43.3. The summed E-state index contributed by atoms with van der Waals surface area (Å²) >= 11 is 0. The van der Waals surface area contributed by atoms with Crippen molar-refractivity contribution in [3.05, 3.63) is 39.9 Å². The van der Waals surface area contributed by atoms with Crippen LogP contribution >= 0.6 is 0 Å². The number of nitrogens with zero attached hydrogens (tertiary/aromatic N) is 4. The van der Waals surface area contributed by atoms with Crippen LogP contribution in [0.1, 0.15) is 104 Å². The van der Waals surface area contributed by atoms with Crippen LogP contribution in [0.4, 0.5) is 10.1 Å². The normalized spacial score (nSPS) is 35.3. The molecule has 69 heavy (non-hydrogen) atoms. The predicted molar refractivity (Wildman–Crippen MR) is 251 cm³/mol. The molecule has 0 radical (unpaired) electrons. The van der Waals surface area contributed by atoms with Crippen LogP contribution in [0.25, 0.3) is 10.9 Å². The number of likely N-dealkylation sites (N-methyl/N-ethyl adjacent to an activating group) is 1. The first kappa shape index (κ1) is 54.2. The van der Waals surface area contributed by atoms with Crippen molar-refractivity contribution in [1.29, 1.82) is 0 Å². The van der Waals surface area contributed by atoms with Gasteiger partial charge in [0.2, 0.25) is 11.3 Å². The highest BCUT2D eigenvalue weighted by Crippen LogP contribution is 2.39. The van der Waals surface area contributed by atoms with Crippen LogP contribution in [0.5, 0.6) is 0 Å². The summed E-state index contributed by atoms with van der Waals surface area (Å²) in [5.41, 5.74) is -4.50. The maximum Gasteiger partial charge on any atom is 0.341 e. The molecule has 1 amide bonds. The molecule has 3 saturated heterocycles. The number of halogens is 1. The van der Waals surface area contributed by atoms with Gasteiger partial charge in [0.25, 0.3) is 0 Å². The van der Waals surface area contributed by atoms with Crippen molar-refractivity contribution in [2.45, 2.75) is 160 Å². The molecule has 2 aromatic rings. The molecular formula is C49H74FN5O14. The Balaban J connectivity index is 1.25. The molecule has 6 N–H and O–H groups in total. The quantitative estimate of drug-likeness (QED) is 0.132. The maximum absolute atomic E-state index is 16.3. The number of carboxylic acid groups (broad SMARTS) is 1. The number of ketones is 1. The number of hydrogen-bond donors (Lipinski definition) is 6. The molecule has 3 aliphatic heterocycles. The third kappa shape index (κ3) is 11.7. The molecule has 4 fully saturated rings. The van der Waals surface area contributed by atoms with Gasteiger partial charge in [0, 0.05) is 63.0 Å². The number of anilines is 1. The number of β-amino-alcohol motifs (C(OH)–C–C–N with tert-alkyl or cyclic N) is 1. The van der Waals surface area contributed by atoms with E-state index < -0.39 is 118 Å². The second kappa shape index (κ2) is 21.7. The van der Waals surface area contributed by atoms with E-state index in [0.29, 0.717) is 38.1 Å². The molecule has 386 valence electrons. The van der Waals surface area contributed by atoms with Crippen molar-refractivity contribution >= 4 is 40.2 Å². The number of benzene rings is 1. The van der Waals surface area contributed by atoms with Crippen LogP contribution in [0.3, 0.4) is 0 Å². The first-order valence-corrected chi connectivity index (χ1v) is 24.3. The number of hydrogen-bond acceptors (Lipinski definition) is 16. The van der Waals surface area contributed by atoms with Gasteiger partial charge >= 0.3 is 11.9 Å². The summed E-state index contributed by atoms with van der Waals surface area (Å²) in [6, 6.07) is 2.12. The second-order valence-corrected chi connectivity index (χ2v) is 20.6. The summed E-state index contributed by atoms with van der Waals surface area (Å²) in [7, 11) is 3.63. The molecule has 1 aromatic heterocycles. The first-order valence-electron chi connectivity index (χ1n) is 24.3. The first-order chi connectivity index (χ1) is 32.3. The summed E-state index contributed by atoms with van der Waals surface area (Å²) in [6.45, 7) is 13.6. The molecule has 4 aliphatic rings. The number of carboxylic acids is 1. The van der Waals surface area contributed by atoms with Crippen LogP contribution in [0.2, 0.25) is 0 Å². The molecule has 14 atom stereocenters. The van der Waals surface area contributed by atoms with Crippen LogP contribution < -0.4 is 15.6 Å². The lowest BCUT2D eigenvalue weighted by Crippen LogP contribution is -2.60. The number of ether oxygens (including phenoxy) is 4. The topological polar surface area (TPSA) is 250 Å². The molecule has 0 unspecified atom stereocenters. The van der Waals surface area contributed by atoms with Crippen molar-refractivity contribution in [2.75, 3.05) is 58.3 Å². The van der Waals surface area contributed by atoms with E-state index in [4.69, 9.17) is 18.9 Å². The average Bonchev–Trinajstić information content (AvgIpc) is 4.14. The number of carbonyl (C=O) groups excluding carboxylic acids is 3. The van der Waals surface area contributed by atoms with Gasteiger partial charge in [-0.1, -0.05) is 20.8 Å². The Labute approximate surface area is 402 Å². The van der Waals surface area contributed by atoms with Gasteiger partial charge in [0.1, 0.15) is 29.3 Å². The number of aromatic nitrogens is 1. The van der Waals surface area contributed by atoms with E-state index in [2.05, 4.69) is 5.32 Å². The van der Waals surface area contributed by atoms with Crippen molar-refractivity contribution in [3.63, 3.8) is 0 Å². The Morgan fingerprint density at radius 2 is 1.67 bits per heavy atom. The van der Waals surface area contributed by atoms with E-state index in [1.807, 2.05) is 30.8 Å². The van der Waals surface area contributed by atoms with E-state index in [1.54, 1.807) is 49.3 Å². The minimum Gasteiger partial charge on any atom is -0.477 e. The van der Waals surface area contributed by atoms with E-state index in [0.717, 1.165) is 12.8 Å². The Bertz CT molecular complexity index is 2250.